The summed E-state index contributed by atoms with van der Waals surface area (Å²) in [6.45, 7) is 3.97. The van der Waals surface area contributed by atoms with Gasteiger partial charge in [0.05, 0.1) is 16.2 Å². The van der Waals surface area contributed by atoms with Crippen molar-refractivity contribution in [1.82, 2.24) is 0 Å². The van der Waals surface area contributed by atoms with Crippen molar-refractivity contribution in [2.75, 3.05) is 5.32 Å². The van der Waals surface area contributed by atoms with E-state index < -0.39 is 11.6 Å². The largest absolute Gasteiger partial charge is 0.375 e. The van der Waals surface area contributed by atoms with Crippen molar-refractivity contribution in [3.8, 4) is 0 Å². The maximum absolute atomic E-state index is 13.6. The second kappa shape index (κ2) is 5.36. The van der Waals surface area contributed by atoms with Gasteiger partial charge in [-0.25, -0.2) is 8.78 Å². The van der Waals surface area contributed by atoms with Crippen LogP contribution in [0.4, 0.5) is 14.5 Å². The molecule has 0 saturated carbocycles. The Bertz CT molecular complexity index is 568. The number of benzene rings is 1. The number of hydrogen-bond acceptors (Lipinski definition) is 2. The highest BCUT2D eigenvalue weighted by molar-refractivity contribution is 9.10. The van der Waals surface area contributed by atoms with Crippen LogP contribution in [-0.2, 0) is 0 Å². The highest BCUT2D eigenvalue weighted by Crippen LogP contribution is 2.29. The molecule has 0 bridgehead atoms. The molecule has 0 amide bonds. The van der Waals surface area contributed by atoms with Crippen LogP contribution in [0.2, 0.25) is 0 Å². The number of anilines is 1. The van der Waals surface area contributed by atoms with E-state index in [9.17, 15) is 8.78 Å². The molecule has 2 rings (SSSR count). The molecular weight excluding hydrogens is 320 g/mol. The third-order valence-corrected chi connectivity index (χ3v) is 4.36. The lowest BCUT2D eigenvalue weighted by Gasteiger charge is -2.15. The summed E-state index contributed by atoms with van der Waals surface area (Å²) in [6, 6.07) is 6.31. The van der Waals surface area contributed by atoms with Gasteiger partial charge in [0.25, 0.3) is 0 Å². The van der Waals surface area contributed by atoms with Crippen LogP contribution in [-0.4, -0.2) is 0 Å². The van der Waals surface area contributed by atoms with Gasteiger partial charge in [-0.3, -0.25) is 0 Å². The first-order valence-corrected chi connectivity index (χ1v) is 7.05. The van der Waals surface area contributed by atoms with Gasteiger partial charge < -0.3 is 5.32 Å². The van der Waals surface area contributed by atoms with Crippen molar-refractivity contribution < 1.29 is 8.78 Å². The average molecular weight is 332 g/mol. The van der Waals surface area contributed by atoms with E-state index in [0.717, 1.165) is 10.9 Å². The second-order valence-corrected chi connectivity index (χ2v) is 6.23. The lowest BCUT2D eigenvalue weighted by molar-refractivity contribution is 0.579. The lowest BCUT2D eigenvalue weighted by Crippen LogP contribution is -2.06. The highest BCUT2D eigenvalue weighted by atomic mass is 79.9. The predicted octanol–water partition coefficient (Wildman–Crippen LogP) is 5.27. The van der Waals surface area contributed by atoms with Gasteiger partial charge in [0.1, 0.15) is 11.6 Å². The summed E-state index contributed by atoms with van der Waals surface area (Å²) in [5.41, 5.74) is 0.293. The van der Waals surface area contributed by atoms with Gasteiger partial charge in [0, 0.05) is 15.8 Å². The van der Waals surface area contributed by atoms with Gasteiger partial charge >= 0.3 is 0 Å². The Hall–Kier alpha value is -0.940. The summed E-state index contributed by atoms with van der Waals surface area (Å²) < 4.78 is 27.0. The molecule has 1 nitrogen and oxygen atoms in total. The zero-order valence-electron chi connectivity index (χ0n) is 9.93. The minimum atomic E-state index is -0.599. The summed E-state index contributed by atoms with van der Waals surface area (Å²) in [7, 11) is 0. The summed E-state index contributed by atoms with van der Waals surface area (Å²) in [5.74, 6) is -1.19. The first-order valence-electron chi connectivity index (χ1n) is 5.45. The monoisotopic (exact) mass is 331 g/mol. The first-order chi connectivity index (χ1) is 8.47. The molecule has 0 aliphatic rings. The molecule has 0 saturated heterocycles. The molecule has 0 fully saturated rings. The van der Waals surface area contributed by atoms with Gasteiger partial charge in [-0.2, -0.15) is 0 Å². The fraction of sp³-hybridized carbons (Fsp3) is 0.231. The summed E-state index contributed by atoms with van der Waals surface area (Å²) in [6.07, 6.45) is 0. The van der Waals surface area contributed by atoms with Crippen LogP contribution >= 0.6 is 27.3 Å². The molecule has 1 aromatic carbocycles. The molecule has 0 aliphatic carbocycles. The van der Waals surface area contributed by atoms with Crippen LogP contribution in [0, 0.1) is 18.6 Å². The number of nitrogens with one attached hydrogen (secondary N) is 1. The van der Waals surface area contributed by atoms with Crippen LogP contribution in [0.1, 0.15) is 22.7 Å². The number of thiophene rings is 1. The second-order valence-electron chi connectivity index (χ2n) is 4.06. The number of rotatable bonds is 3. The normalized spacial score (nSPS) is 12.5. The summed E-state index contributed by atoms with van der Waals surface area (Å²) in [5, 5.41) is 3.05. The zero-order valence-corrected chi connectivity index (χ0v) is 12.3. The highest BCUT2D eigenvalue weighted by Gasteiger charge is 2.12. The maximum Gasteiger partial charge on any atom is 0.149 e. The van der Waals surface area contributed by atoms with E-state index in [2.05, 4.69) is 21.2 Å². The SMILES string of the molecule is Cc1ccc(C(C)Nc2cc(Br)c(F)cc2F)s1. The molecule has 1 heterocycles. The molecule has 0 spiro atoms. The Morgan fingerprint density at radius 1 is 1.22 bits per heavy atom. The molecule has 1 aromatic heterocycles. The van der Waals surface area contributed by atoms with Crippen LogP contribution in [0.25, 0.3) is 0 Å². The van der Waals surface area contributed by atoms with Gasteiger partial charge in [0.15, 0.2) is 0 Å². The van der Waals surface area contributed by atoms with E-state index in [-0.39, 0.29) is 10.5 Å². The van der Waals surface area contributed by atoms with Crippen molar-refractivity contribution in [2.45, 2.75) is 19.9 Å². The van der Waals surface area contributed by atoms with Crippen molar-refractivity contribution in [1.29, 1.82) is 0 Å². The maximum atomic E-state index is 13.6. The molecule has 0 radical (unpaired) electrons. The molecule has 2 aromatic rings. The average Bonchev–Trinajstić information content (AvgIpc) is 2.73. The van der Waals surface area contributed by atoms with Crippen molar-refractivity contribution in [3.05, 3.63) is 50.1 Å². The standard InChI is InChI=1S/C13H12BrF2NS/c1-7-3-4-13(18-7)8(2)17-12-5-9(14)10(15)6-11(12)16/h3-6,8,17H,1-2H3. The number of hydrogen-bond donors (Lipinski definition) is 1. The minimum absolute atomic E-state index is 0.0180. The topological polar surface area (TPSA) is 12.0 Å². The molecule has 1 atom stereocenters. The Balaban J connectivity index is 2.21. The summed E-state index contributed by atoms with van der Waals surface area (Å²) >= 11 is 4.71. The van der Waals surface area contributed by atoms with Crippen LogP contribution in [0.15, 0.2) is 28.7 Å². The van der Waals surface area contributed by atoms with Gasteiger partial charge in [0.2, 0.25) is 0 Å². The fourth-order valence-corrected chi connectivity index (χ4v) is 2.85. The van der Waals surface area contributed by atoms with E-state index in [1.807, 2.05) is 26.0 Å². The molecule has 18 heavy (non-hydrogen) atoms. The third kappa shape index (κ3) is 2.90. The molecule has 0 aliphatic heterocycles. The molecule has 1 N–H and O–H groups in total. The number of halogens is 3. The van der Waals surface area contributed by atoms with Crippen LogP contribution in [0.5, 0.6) is 0 Å². The smallest absolute Gasteiger partial charge is 0.149 e. The molecule has 5 heteroatoms. The van der Waals surface area contributed by atoms with Gasteiger partial charge in [-0.1, -0.05) is 0 Å². The zero-order chi connectivity index (χ0) is 13.3. The Morgan fingerprint density at radius 2 is 1.94 bits per heavy atom. The third-order valence-electron chi connectivity index (χ3n) is 2.57. The molecule has 1 unspecified atom stereocenters. The van der Waals surface area contributed by atoms with Crippen LogP contribution in [0.3, 0.4) is 0 Å². The number of aryl methyl sites for hydroxylation is 1. The van der Waals surface area contributed by atoms with E-state index >= 15 is 0 Å². The quantitative estimate of drug-likeness (QED) is 0.755. The van der Waals surface area contributed by atoms with Gasteiger partial charge in [-0.15, -0.1) is 11.3 Å². The molecule has 96 valence electrons. The van der Waals surface area contributed by atoms with Crippen molar-refractivity contribution >= 4 is 33.0 Å². The molecular formula is C13H12BrF2NS. The van der Waals surface area contributed by atoms with Gasteiger partial charge in [-0.05, 0) is 48.0 Å². The van der Waals surface area contributed by atoms with E-state index in [1.165, 1.54) is 10.9 Å². The van der Waals surface area contributed by atoms with E-state index in [1.54, 1.807) is 11.3 Å². The minimum Gasteiger partial charge on any atom is -0.375 e. The first kappa shape index (κ1) is 13.5. The Labute approximate surface area is 117 Å². The Morgan fingerprint density at radius 3 is 2.56 bits per heavy atom. The Kier molecular flexibility index (Phi) is 4.02. The fourth-order valence-electron chi connectivity index (χ4n) is 1.62. The summed E-state index contributed by atoms with van der Waals surface area (Å²) in [4.78, 5) is 2.33. The lowest BCUT2D eigenvalue weighted by atomic mass is 10.2. The van der Waals surface area contributed by atoms with Crippen LogP contribution < -0.4 is 5.32 Å². The predicted molar refractivity (Wildman–Crippen MR) is 75.2 cm³/mol. The van der Waals surface area contributed by atoms with E-state index in [0.29, 0.717) is 5.69 Å². The van der Waals surface area contributed by atoms with Crippen molar-refractivity contribution in [3.63, 3.8) is 0 Å². The van der Waals surface area contributed by atoms with E-state index in [4.69, 9.17) is 0 Å². The van der Waals surface area contributed by atoms with Crippen molar-refractivity contribution in [2.24, 2.45) is 0 Å².